The summed E-state index contributed by atoms with van der Waals surface area (Å²) >= 11 is 0. The van der Waals surface area contributed by atoms with Gasteiger partial charge in [-0.1, -0.05) is 51.2 Å². The van der Waals surface area contributed by atoms with E-state index in [0.717, 1.165) is 32.1 Å². The number of ether oxygens (including phenoxy) is 1. The summed E-state index contributed by atoms with van der Waals surface area (Å²) in [5.41, 5.74) is 0. The third kappa shape index (κ3) is 10.2. The summed E-state index contributed by atoms with van der Waals surface area (Å²) < 4.78 is 5.17. The fraction of sp³-hybridized carbons (Fsp3) is 0.833. The smallest absolute Gasteiger partial charge is 0.364 e. The average molecular weight is 427 g/mol. The van der Waals surface area contributed by atoms with Crippen LogP contribution in [0.2, 0.25) is 0 Å². The highest BCUT2D eigenvalue weighted by Crippen LogP contribution is 2.34. The molecule has 1 rings (SSSR count). The van der Waals surface area contributed by atoms with Crippen LogP contribution >= 0.6 is 0 Å². The molecule has 1 saturated carbocycles. The number of aliphatic hydroxyl groups excluding tert-OH is 1. The normalized spacial score (nSPS) is 21.4. The number of rotatable bonds is 18. The van der Waals surface area contributed by atoms with Crippen molar-refractivity contribution in [1.82, 2.24) is 0 Å². The fourth-order valence-electron chi connectivity index (χ4n) is 4.10. The van der Waals surface area contributed by atoms with E-state index < -0.39 is 11.8 Å². The summed E-state index contributed by atoms with van der Waals surface area (Å²) in [7, 11) is 0. The van der Waals surface area contributed by atoms with Crippen LogP contribution in [0.5, 0.6) is 0 Å². The van der Waals surface area contributed by atoms with Crippen molar-refractivity contribution in [3.63, 3.8) is 0 Å². The van der Waals surface area contributed by atoms with Gasteiger partial charge in [0, 0.05) is 25.4 Å². The Morgan fingerprint density at radius 1 is 1.13 bits per heavy atom. The second kappa shape index (κ2) is 15.5. The van der Waals surface area contributed by atoms with E-state index in [0.29, 0.717) is 37.4 Å². The Bertz CT molecular complexity index is 518. The Balaban J connectivity index is 2.31. The molecule has 3 atom stereocenters. The number of Topliss-reactive ketones (excluding diaryl/α,β-unsaturated/α-hetero) is 1. The maximum Gasteiger partial charge on any atom is 0.364 e. The van der Waals surface area contributed by atoms with Gasteiger partial charge in [0.25, 0.3) is 5.79 Å². The Labute approximate surface area is 181 Å². The monoisotopic (exact) mass is 426 g/mol. The molecular weight excluding hydrogens is 384 g/mol. The van der Waals surface area contributed by atoms with Crippen LogP contribution in [0, 0.1) is 11.8 Å². The lowest BCUT2D eigenvalue weighted by Gasteiger charge is -2.23. The molecule has 0 saturated heterocycles. The first kappa shape index (κ1) is 26.8. The molecule has 1 fully saturated rings. The first-order valence-electron chi connectivity index (χ1n) is 11.8. The number of carboxylic acid groups (broad SMARTS) is 1. The summed E-state index contributed by atoms with van der Waals surface area (Å²) in [6, 6.07) is 0. The van der Waals surface area contributed by atoms with Gasteiger partial charge in [-0.05, 0) is 50.9 Å². The van der Waals surface area contributed by atoms with Crippen molar-refractivity contribution in [3.8, 4) is 0 Å². The zero-order chi connectivity index (χ0) is 22.2. The van der Waals surface area contributed by atoms with Crippen LogP contribution in [0.15, 0.2) is 12.2 Å². The van der Waals surface area contributed by atoms with Crippen molar-refractivity contribution in [2.24, 2.45) is 11.8 Å². The van der Waals surface area contributed by atoms with Crippen LogP contribution in [0.1, 0.15) is 96.8 Å². The molecule has 0 aromatic carbocycles. The molecule has 1 unspecified atom stereocenters. The maximum absolute atomic E-state index is 12.3. The summed E-state index contributed by atoms with van der Waals surface area (Å²) in [5.74, 6) is -2.76. The first-order chi connectivity index (χ1) is 14.4. The van der Waals surface area contributed by atoms with E-state index >= 15 is 0 Å². The van der Waals surface area contributed by atoms with E-state index in [1.165, 1.54) is 25.7 Å². The Kier molecular flexibility index (Phi) is 13.9. The van der Waals surface area contributed by atoms with Gasteiger partial charge in [0.15, 0.2) is 0 Å². The van der Waals surface area contributed by atoms with Crippen molar-refractivity contribution in [2.45, 2.75) is 103 Å². The number of hydrogen-bond donors (Lipinski definition) is 3. The Hall–Kier alpha value is -1.24. The standard InChI is InChI=1S/C24H42O6/c1-2-3-4-5-6-8-13-20-15-16-22(26)21(20)14-9-7-10-17-24(29,23(27)28)30-19-12-11-18-25/h8,13,20-21,25,29H,2-7,9-12,14-19H2,1H3,(H,27,28)/t20-,21+,24?/m0/s1. The van der Waals surface area contributed by atoms with E-state index in [1.807, 2.05) is 0 Å². The summed E-state index contributed by atoms with van der Waals surface area (Å²) in [6.45, 7) is 2.33. The Morgan fingerprint density at radius 2 is 1.90 bits per heavy atom. The molecule has 30 heavy (non-hydrogen) atoms. The lowest BCUT2D eigenvalue weighted by molar-refractivity contribution is -0.226. The number of carboxylic acids is 1. The zero-order valence-corrected chi connectivity index (χ0v) is 18.7. The van der Waals surface area contributed by atoms with E-state index in [-0.39, 0.29) is 25.6 Å². The zero-order valence-electron chi connectivity index (χ0n) is 18.7. The van der Waals surface area contributed by atoms with Gasteiger partial charge in [0.05, 0.1) is 6.61 Å². The van der Waals surface area contributed by atoms with Crippen LogP contribution in [0.25, 0.3) is 0 Å². The molecule has 0 radical (unpaired) electrons. The number of allylic oxidation sites excluding steroid dienone is 2. The van der Waals surface area contributed by atoms with Gasteiger partial charge >= 0.3 is 5.97 Å². The molecule has 0 aliphatic heterocycles. The van der Waals surface area contributed by atoms with E-state index in [9.17, 15) is 19.8 Å². The number of unbranched alkanes of at least 4 members (excludes halogenated alkanes) is 7. The lowest BCUT2D eigenvalue weighted by atomic mass is 9.89. The number of aliphatic carboxylic acids is 1. The highest BCUT2D eigenvalue weighted by Gasteiger charge is 2.37. The van der Waals surface area contributed by atoms with Gasteiger partial charge in [-0.2, -0.15) is 0 Å². The molecule has 0 heterocycles. The molecule has 3 N–H and O–H groups in total. The fourth-order valence-corrected chi connectivity index (χ4v) is 4.10. The number of hydrogen-bond acceptors (Lipinski definition) is 5. The van der Waals surface area contributed by atoms with Gasteiger partial charge in [-0.3, -0.25) is 4.79 Å². The number of carbonyl (C=O) groups is 2. The van der Waals surface area contributed by atoms with Gasteiger partial charge < -0.3 is 20.1 Å². The van der Waals surface area contributed by atoms with Crippen LogP contribution in [-0.2, 0) is 14.3 Å². The minimum Gasteiger partial charge on any atom is -0.477 e. The first-order valence-corrected chi connectivity index (χ1v) is 11.8. The van der Waals surface area contributed by atoms with E-state index in [2.05, 4.69) is 19.1 Å². The topological polar surface area (TPSA) is 104 Å². The van der Waals surface area contributed by atoms with Gasteiger partial charge in [-0.15, -0.1) is 0 Å². The molecule has 6 heteroatoms. The molecular formula is C24H42O6. The average Bonchev–Trinajstić information content (AvgIpc) is 3.07. The molecule has 0 aromatic rings. The number of aliphatic hydroxyl groups is 2. The predicted octanol–water partition coefficient (Wildman–Crippen LogP) is 4.62. The molecule has 0 aromatic heterocycles. The number of ketones is 1. The quantitative estimate of drug-likeness (QED) is 0.168. The highest BCUT2D eigenvalue weighted by atomic mass is 16.6. The summed E-state index contributed by atoms with van der Waals surface area (Å²) in [6.07, 6.45) is 16.2. The highest BCUT2D eigenvalue weighted by molar-refractivity contribution is 5.83. The van der Waals surface area contributed by atoms with Crippen LogP contribution < -0.4 is 0 Å². The largest absolute Gasteiger partial charge is 0.477 e. The molecule has 0 bridgehead atoms. The molecule has 1 aliphatic rings. The van der Waals surface area contributed by atoms with Crippen molar-refractivity contribution >= 4 is 11.8 Å². The van der Waals surface area contributed by atoms with Crippen molar-refractivity contribution in [2.75, 3.05) is 13.2 Å². The molecule has 0 spiro atoms. The predicted molar refractivity (Wildman–Crippen MR) is 117 cm³/mol. The van der Waals surface area contributed by atoms with Crippen molar-refractivity contribution in [3.05, 3.63) is 12.2 Å². The van der Waals surface area contributed by atoms with Gasteiger partial charge in [0.1, 0.15) is 5.78 Å². The van der Waals surface area contributed by atoms with Crippen molar-refractivity contribution in [1.29, 1.82) is 0 Å². The lowest BCUT2D eigenvalue weighted by Crippen LogP contribution is -2.41. The van der Waals surface area contributed by atoms with Gasteiger partial charge in [0.2, 0.25) is 0 Å². The second-order valence-corrected chi connectivity index (χ2v) is 8.52. The SMILES string of the molecule is CCCCCCC=C[C@H]1CCC(=O)[C@@H]1CCCCCC(O)(OCCCCO)C(=O)O. The molecule has 174 valence electrons. The third-order valence-corrected chi connectivity index (χ3v) is 6.02. The van der Waals surface area contributed by atoms with Crippen LogP contribution in [0.4, 0.5) is 0 Å². The summed E-state index contributed by atoms with van der Waals surface area (Å²) in [5, 5.41) is 28.2. The number of carbonyl (C=O) groups excluding carboxylic acids is 1. The maximum atomic E-state index is 12.3. The minimum atomic E-state index is -2.16. The van der Waals surface area contributed by atoms with Crippen molar-refractivity contribution < 1.29 is 29.6 Å². The minimum absolute atomic E-state index is 0.0176. The summed E-state index contributed by atoms with van der Waals surface area (Å²) in [4.78, 5) is 23.6. The van der Waals surface area contributed by atoms with Crippen LogP contribution in [0.3, 0.4) is 0 Å². The molecule has 0 amide bonds. The second-order valence-electron chi connectivity index (χ2n) is 8.52. The molecule has 6 nitrogen and oxygen atoms in total. The van der Waals surface area contributed by atoms with Crippen LogP contribution in [-0.4, -0.2) is 46.1 Å². The molecule has 1 aliphatic carbocycles. The third-order valence-electron chi connectivity index (χ3n) is 6.02. The van der Waals surface area contributed by atoms with E-state index in [4.69, 9.17) is 9.84 Å². The Morgan fingerprint density at radius 3 is 2.60 bits per heavy atom. The van der Waals surface area contributed by atoms with E-state index in [1.54, 1.807) is 0 Å². The van der Waals surface area contributed by atoms with Gasteiger partial charge in [-0.25, -0.2) is 4.79 Å².